The first kappa shape index (κ1) is 29.2. The number of aromatic nitrogens is 3. The summed E-state index contributed by atoms with van der Waals surface area (Å²) in [7, 11) is 0. The Morgan fingerprint density at radius 3 is 2.48 bits per heavy atom. The highest BCUT2D eigenvalue weighted by molar-refractivity contribution is 5.35. The van der Waals surface area contributed by atoms with Gasteiger partial charge in [0.15, 0.2) is 0 Å². The summed E-state index contributed by atoms with van der Waals surface area (Å²) in [5, 5.41) is 10.7. The minimum absolute atomic E-state index is 0.230. The number of aliphatic hydroxyl groups is 1. The van der Waals surface area contributed by atoms with E-state index in [-0.39, 0.29) is 22.8 Å². The molecule has 1 N–H and O–H groups in total. The molecule has 0 radical (unpaired) electrons. The monoisotopic (exact) mass is 571 g/mol. The fourth-order valence-electron chi connectivity index (χ4n) is 8.77. The predicted octanol–water partition coefficient (Wildman–Crippen LogP) is 6.82. The molecule has 4 aliphatic rings. The van der Waals surface area contributed by atoms with Gasteiger partial charge in [0.1, 0.15) is 0 Å². The third-order valence-electron chi connectivity index (χ3n) is 11.5. The Morgan fingerprint density at radius 2 is 1.74 bits per heavy atom. The number of nitrogens with zero attached hydrogens (tertiary/aromatic N) is 3. The lowest BCUT2D eigenvalue weighted by molar-refractivity contribution is 0.111. The van der Waals surface area contributed by atoms with Crippen LogP contribution in [-0.4, -0.2) is 25.1 Å². The van der Waals surface area contributed by atoms with E-state index in [1.54, 1.807) is 9.36 Å². The molecular weight excluding hydrogens is 522 g/mol. The molecule has 0 amide bonds. The maximum Gasteiger partial charge on any atom is 0.352 e. The van der Waals surface area contributed by atoms with Gasteiger partial charge in [-0.25, -0.2) is 23.5 Å². The van der Waals surface area contributed by atoms with Gasteiger partial charge in [0.2, 0.25) is 0 Å². The second-order valence-electron chi connectivity index (χ2n) is 14.3. The molecule has 3 aliphatic carbocycles. The van der Waals surface area contributed by atoms with Gasteiger partial charge in [-0.15, -0.1) is 0 Å². The average molecular weight is 572 g/mol. The fourth-order valence-corrected chi connectivity index (χ4v) is 8.77. The molecule has 2 saturated carbocycles. The molecule has 1 aliphatic heterocycles. The van der Waals surface area contributed by atoms with Crippen molar-refractivity contribution in [1.82, 2.24) is 13.9 Å². The topological polar surface area (TPSA) is 69.2 Å². The van der Waals surface area contributed by atoms with Crippen LogP contribution in [0, 0.1) is 35.0 Å². The van der Waals surface area contributed by atoms with Gasteiger partial charge in [0, 0.05) is 0 Å². The molecule has 2 fully saturated rings. The normalized spacial score (nSPS) is 31.8. The van der Waals surface area contributed by atoms with Crippen molar-refractivity contribution in [3.8, 4) is 5.69 Å². The molecule has 0 bridgehead atoms. The van der Waals surface area contributed by atoms with Crippen LogP contribution in [0.1, 0.15) is 92.0 Å². The summed E-state index contributed by atoms with van der Waals surface area (Å²) in [5.41, 5.74) is 4.08. The number of rotatable bonds is 6. The summed E-state index contributed by atoms with van der Waals surface area (Å²) in [6.45, 7) is 12.3. The molecule has 6 heteroatoms. The van der Waals surface area contributed by atoms with Gasteiger partial charge in [-0.3, -0.25) is 0 Å². The summed E-state index contributed by atoms with van der Waals surface area (Å²) in [6, 6.07) is 8.94. The fraction of sp³-hybridized carbons (Fsp3) is 0.611. The van der Waals surface area contributed by atoms with E-state index in [1.165, 1.54) is 35.0 Å². The Morgan fingerprint density at radius 1 is 0.976 bits per heavy atom. The summed E-state index contributed by atoms with van der Waals surface area (Å²) >= 11 is 0. The molecule has 6 nitrogen and oxygen atoms in total. The molecule has 6 rings (SSSR count). The molecule has 1 aromatic carbocycles. The Balaban J connectivity index is 1.40. The van der Waals surface area contributed by atoms with Crippen molar-refractivity contribution in [3.63, 3.8) is 0 Å². The predicted molar refractivity (Wildman–Crippen MR) is 169 cm³/mol. The minimum Gasteiger partial charge on any atom is -0.393 e. The lowest BCUT2D eigenvalue weighted by Crippen LogP contribution is -2.39. The number of hydrogen-bond acceptors (Lipinski definition) is 3. The van der Waals surface area contributed by atoms with Crippen LogP contribution in [0.2, 0.25) is 0 Å². The standard InChI is InChI=1S/C36H49N3O3/c1-23(2)24(3)13-14-25(4)31-17-18-32-26(10-9-19-36(31,32)5)20-33-30-21-29(40)16-15-27(30)22-37-34(41)38(35(42)39(33)37)28-11-7-6-8-12-28/h6-8,11-14,20,23-25,29,31-33,40H,9-10,15-19,21-22H2,1-5H3/t24-,25+,29-,31?,32?,33-,36?/m0/s1. The largest absolute Gasteiger partial charge is 0.393 e. The zero-order valence-electron chi connectivity index (χ0n) is 26.1. The van der Waals surface area contributed by atoms with E-state index >= 15 is 0 Å². The van der Waals surface area contributed by atoms with Gasteiger partial charge in [0.25, 0.3) is 0 Å². The number of para-hydroxylation sites is 1. The summed E-state index contributed by atoms with van der Waals surface area (Å²) in [6.07, 6.45) is 14.8. The van der Waals surface area contributed by atoms with Crippen molar-refractivity contribution in [2.75, 3.05) is 0 Å². The molecule has 0 saturated heterocycles. The summed E-state index contributed by atoms with van der Waals surface area (Å²) in [4.78, 5) is 27.8. The summed E-state index contributed by atoms with van der Waals surface area (Å²) < 4.78 is 4.69. The Hall–Kier alpha value is -2.86. The van der Waals surface area contributed by atoms with Gasteiger partial charge in [-0.05, 0) is 110 Å². The van der Waals surface area contributed by atoms with E-state index < -0.39 is 6.10 Å². The molecule has 2 aromatic rings. The lowest BCUT2D eigenvalue weighted by Gasteiger charge is -2.44. The molecule has 42 heavy (non-hydrogen) atoms. The van der Waals surface area contributed by atoms with Crippen LogP contribution in [0.15, 0.2) is 74.9 Å². The van der Waals surface area contributed by atoms with Gasteiger partial charge < -0.3 is 5.11 Å². The Bertz CT molecular complexity index is 1520. The second-order valence-corrected chi connectivity index (χ2v) is 14.3. The first-order valence-corrected chi connectivity index (χ1v) is 16.4. The number of hydrogen-bond donors (Lipinski definition) is 1. The first-order valence-electron chi connectivity index (χ1n) is 16.4. The van der Waals surface area contributed by atoms with Crippen LogP contribution in [0.5, 0.6) is 0 Å². The van der Waals surface area contributed by atoms with E-state index in [2.05, 4.69) is 52.8 Å². The highest BCUT2D eigenvalue weighted by Crippen LogP contribution is 2.60. The van der Waals surface area contributed by atoms with Crippen LogP contribution in [0.3, 0.4) is 0 Å². The first-order chi connectivity index (χ1) is 20.1. The maximum atomic E-state index is 14.0. The molecular formula is C36H49N3O3. The van der Waals surface area contributed by atoms with Crippen molar-refractivity contribution in [3.05, 3.63) is 86.2 Å². The van der Waals surface area contributed by atoms with Crippen molar-refractivity contribution in [2.24, 2.45) is 35.0 Å². The van der Waals surface area contributed by atoms with Gasteiger partial charge >= 0.3 is 11.4 Å². The van der Waals surface area contributed by atoms with Crippen molar-refractivity contribution in [2.45, 2.75) is 105 Å². The molecule has 226 valence electrons. The SMILES string of the molecule is CC(C)[C@@H](C)C=C[C@@H](C)C1CCC2C(=C[C@H]3C4=C(CC[C@H](O)C4)Cn4c(=O)n(-c5ccccc5)c(=O)n43)CCCC21C. The average Bonchev–Trinajstić information content (AvgIpc) is 3.45. The number of benzene rings is 1. The zero-order chi connectivity index (χ0) is 29.8. The Kier molecular flexibility index (Phi) is 7.88. The lowest BCUT2D eigenvalue weighted by atomic mass is 9.61. The smallest absolute Gasteiger partial charge is 0.352 e. The highest BCUT2D eigenvalue weighted by atomic mass is 16.3. The van der Waals surface area contributed by atoms with E-state index in [4.69, 9.17) is 0 Å². The molecule has 2 heterocycles. The number of aliphatic hydroxyl groups excluding tert-OH is 1. The van der Waals surface area contributed by atoms with Crippen LogP contribution in [0.25, 0.3) is 5.69 Å². The van der Waals surface area contributed by atoms with Gasteiger partial charge in [0.05, 0.1) is 24.4 Å². The Labute approximate surface area is 250 Å². The summed E-state index contributed by atoms with van der Waals surface area (Å²) in [5.74, 6) is 2.89. The minimum atomic E-state index is -0.400. The van der Waals surface area contributed by atoms with Gasteiger partial charge in [-0.2, -0.15) is 0 Å². The molecule has 3 unspecified atom stereocenters. The molecule has 0 spiro atoms. The highest BCUT2D eigenvalue weighted by Gasteiger charge is 2.50. The maximum absolute atomic E-state index is 14.0. The van der Waals surface area contributed by atoms with E-state index in [0.29, 0.717) is 54.7 Å². The second kappa shape index (κ2) is 11.3. The number of allylic oxidation sites excluding steroid dienone is 5. The van der Waals surface area contributed by atoms with Crippen molar-refractivity contribution < 1.29 is 5.11 Å². The zero-order valence-corrected chi connectivity index (χ0v) is 26.1. The number of fused-ring (bicyclic) bond motifs is 2. The van der Waals surface area contributed by atoms with Crippen molar-refractivity contribution >= 4 is 0 Å². The van der Waals surface area contributed by atoms with Crippen LogP contribution in [0.4, 0.5) is 0 Å². The van der Waals surface area contributed by atoms with Crippen molar-refractivity contribution in [1.29, 1.82) is 0 Å². The van der Waals surface area contributed by atoms with E-state index in [9.17, 15) is 14.7 Å². The molecule has 1 aromatic heterocycles. The van der Waals surface area contributed by atoms with Crippen LogP contribution < -0.4 is 11.4 Å². The molecule has 7 atom stereocenters. The van der Waals surface area contributed by atoms with Crippen LogP contribution in [-0.2, 0) is 6.54 Å². The van der Waals surface area contributed by atoms with E-state index in [1.807, 2.05) is 30.3 Å². The third kappa shape index (κ3) is 4.94. The third-order valence-corrected chi connectivity index (χ3v) is 11.5. The van der Waals surface area contributed by atoms with Crippen LogP contribution >= 0.6 is 0 Å². The quantitative estimate of drug-likeness (QED) is 0.387. The van der Waals surface area contributed by atoms with E-state index in [0.717, 1.165) is 24.8 Å². The van der Waals surface area contributed by atoms with Gasteiger partial charge in [-0.1, -0.05) is 76.6 Å².